The predicted octanol–water partition coefficient (Wildman–Crippen LogP) is 2.71. The molecule has 4 saturated heterocycles. The summed E-state index contributed by atoms with van der Waals surface area (Å²) in [5.74, 6) is 0.642. The number of benzene rings is 2. The molecule has 1 atom stereocenters. The number of hydrogen-bond donors (Lipinski definition) is 2. The van der Waals surface area contributed by atoms with Crippen LogP contribution in [0.1, 0.15) is 30.1 Å². The summed E-state index contributed by atoms with van der Waals surface area (Å²) in [7, 11) is 2.20. The van der Waals surface area contributed by atoms with Crippen LogP contribution in [-0.4, -0.2) is 101 Å². The third-order valence-corrected chi connectivity index (χ3v) is 9.43. The topological polar surface area (TPSA) is 94.8 Å². The van der Waals surface area contributed by atoms with Crippen LogP contribution in [0.15, 0.2) is 52.4 Å². The Hall–Kier alpha value is -3.65. The van der Waals surface area contributed by atoms with Gasteiger partial charge in [-0.25, -0.2) is 9.98 Å². The van der Waals surface area contributed by atoms with Gasteiger partial charge >= 0.3 is 0 Å². The Kier molecular flexibility index (Phi) is 7.03. The first kappa shape index (κ1) is 26.3. The summed E-state index contributed by atoms with van der Waals surface area (Å²) in [4.78, 5) is 19.1. The molecule has 0 amide bonds. The largest absolute Gasteiger partial charge is 0.378 e. The standard InChI is InChI=1S/C31H39N9O/c1-37-20-31(21-37)8-10-40(11-9-31)28-7-2-23(16-24(28)17-32)29-33-22-34-30(36-29)35-25-3-5-26(6-4-25)38-12-14-39(15-13-38)27-18-41-19-27/h2-7,16,22,27,29H,8-15,18-21H2,1H3,(H2,33,34,35,36). The van der Waals surface area contributed by atoms with E-state index >= 15 is 0 Å². The first-order valence-corrected chi connectivity index (χ1v) is 14.8. The molecule has 2 aromatic carbocycles. The Labute approximate surface area is 242 Å². The van der Waals surface area contributed by atoms with E-state index in [1.165, 1.54) is 31.6 Å². The van der Waals surface area contributed by atoms with Crippen LogP contribution in [-0.2, 0) is 4.74 Å². The van der Waals surface area contributed by atoms with E-state index in [4.69, 9.17) is 9.73 Å². The van der Waals surface area contributed by atoms with Gasteiger partial charge in [-0.3, -0.25) is 4.90 Å². The summed E-state index contributed by atoms with van der Waals surface area (Å²) in [6.07, 6.45) is 3.67. The highest BCUT2D eigenvalue weighted by Crippen LogP contribution is 2.41. The van der Waals surface area contributed by atoms with Crippen LogP contribution in [0, 0.1) is 16.7 Å². The molecule has 0 aromatic heterocycles. The number of likely N-dealkylation sites (tertiary alicyclic amines) is 1. The molecular weight excluding hydrogens is 514 g/mol. The number of ether oxygens (including phenoxy) is 1. The fraction of sp³-hybridized carbons (Fsp3) is 0.516. The van der Waals surface area contributed by atoms with Crippen LogP contribution in [0.5, 0.6) is 0 Å². The van der Waals surface area contributed by atoms with Crippen molar-refractivity contribution in [1.82, 2.24) is 15.1 Å². The van der Waals surface area contributed by atoms with Crippen molar-refractivity contribution in [3.63, 3.8) is 0 Å². The second-order valence-corrected chi connectivity index (χ2v) is 12.2. The SMILES string of the molecule is CN1CC2(CCN(c3ccc(C4N=CNC(Nc5ccc(N6CCN(C7COC7)CC6)cc5)=N4)cc3C#N)CC2)C1. The Bertz CT molecular complexity index is 1340. The van der Waals surface area contributed by atoms with Gasteiger partial charge in [-0.2, -0.15) is 5.26 Å². The van der Waals surface area contributed by atoms with E-state index in [0.29, 0.717) is 23.0 Å². The Balaban J connectivity index is 0.974. The van der Waals surface area contributed by atoms with E-state index < -0.39 is 6.17 Å². The maximum atomic E-state index is 9.99. The highest BCUT2D eigenvalue weighted by molar-refractivity contribution is 6.01. The van der Waals surface area contributed by atoms with Crippen molar-refractivity contribution < 1.29 is 4.74 Å². The van der Waals surface area contributed by atoms with Gasteiger partial charge in [0.1, 0.15) is 6.07 Å². The van der Waals surface area contributed by atoms with Crippen LogP contribution in [0.2, 0.25) is 0 Å². The summed E-state index contributed by atoms with van der Waals surface area (Å²) in [5, 5.41) is 16.5. The third-order valence-electron chi connectivity index (χ3n) is 9.43. The fourth-order valence-electron chi connectivity index (χ4n) is 6.98. The summed E-state index contributed by atoms with van der Waals surface area (Å²) < 4.78 is 5.36. The smallest absolute Gasteiger partial charge is 0.203 e. The molecular formula is C31H39N9O. The van der Waals surface area contributed by atoms with Gasteiger partial charge in [-0.1, -0.05) is 6.07 Å². The van der Waals surface area contributed by atoms with Gasteiger partial charge < -0.3 is 30.1 Å². The second kappa shape index (κ2) is 11.0. The number of nitrogens with one attached hydrogen (secondary N) is 2. The van der Waals surface area contributed by atoms with Crippen LogP contribution >= 0.6 is 0 Å². The minimum absolute atomic E-state index is 0.397. The number of anilines is 3. The molecule has 2 N–H and O–H groups in total. The Morgan fingerprint density at radius 3 is 2.39 bits per heavy atom. The van der Waals surface area contributed by atoms with E-state index in [2.05, 4.69) is 84.7 Å². The number of nitrogens with zero attached hydrogens (tertiary/aromatic N) is 7. The maximum absolute atomic E-state index is 9.99. The average molecular weight is 554 g/mol. The van der Waals surface area contributed by atoms with Crippen molar-refractivity contribution in [3.8, 4) is 6.07 Å². The molecule has 5 aliphatic rings. The summed E-state index contributed by atoms with van der Waals surface area (Å²) >= 11 is 0. The zero-order valence-corrected chi connectivity index (χ0v) is 23.8. The number of piperazine rings is 1. The highest BCUT2D eigenvalue weighted by atomic mass is 16.5. The number of aliphatic imine (C=N–C) groups is 2. The zero-order valence-electron chi connectivity index (χ0n) is 23.8. The normalized spacial score (nSPS) is 24.7. The molecule has 10 nitrogen and oxygen atoms in total. The number of hydrogen-bond acceptors (Lipinski definition) is 10. The molecule has 0 radical (unpaired) electrons. The molecule has 2 aromatic rings. The zero-order chi connectivity index (χ0) is 27.8. The van der Waals surface area contributed by atoms with Crippen LogP contribution in [0.4, 0.5) is 17.1 Å². The van der Waals surface area contributed by atoms with E-state index in [9.17, 15) is 5.26 Å². The van der Waals surface area contributed by atoms with E-state index in [0.717, 1.165) is 69.4 Å². The molecule has 1 unspecified atom stereocenters. The maximum Gasteiger partial charge on any atom is 0.203 e. The van der Waals surface area contributed by atoms with Crippen molar-refractivity contribution in [3.05, 3.63) is 53.6 Å². The predicted molar refractivity (Wildman–Crippen MR) is 163 cm³/mol. The average Bonchev–Trinajstić information content (AvgIpc) is 2.97. The molecule has 0 aliphatic carbocycles. The molecule has 0 bridgehead atoms. The van der Waals surface area contributed by atoms with Crippen LogP contribution in [0.25, 0.3) is 0 Å². The van der Waals surface area contributed by atoms with E-state index in [1.807, 2.05) is 6.07 Å². The lowest BCUT2D eigenvalue weighted by molar-refractivity contribution is -0.0660. The summed E-state index contributed by atoms with van der Waals surface area (Å²) in [6, 6.07) is 17.7. The van der Waals surface area contributed by atoms with E-state index in [1.54, 1.807) is 6.34 Å². The number of nitriles is 1. The number of guanidine groups is 1. The summed E-state index contributed by atoms with van der Waals surface area (Å²) in [5.41, 5.74) is 5.33. The monoisotopic (exact) mass is 553 g/mol. The lowest BCUT2D eigenvalue weighted by Gasteiger charge is -2.53. The highest BCUT2D eigenvalue weighted by Gasteiger charge is 2.43. The van der Waals surface area contributed by atoms with Crippen molar-refractivity contribution in [2.45, 2.75) is 25.0 Å². The second-order valence-electron chi connectivity index (χ2n) is 12.2. The van der Waals surface area contributed by atoms with E-state index in [-0.39, 0.29) is 0 Å². The summed E-state index contributed by atoms with van der Waals surface area (Å²) in [6.45, 7) is 10.4. The Morgan fingerprint density at radius 2 is 1.73 bits per heavy atom. The molecule has 41 heavy (non-hydrogen) atoms. The first-order valence-electron chi connectivity index (χ1n) is 14.8. The number of rotatable bonds is 5. The molecule has 7 rings (SSSR count). The minimum atomic E-state index is -0.397. The quantitative estimate of drug-likeness (QED) is 0.584. The van der Waals surface area contributed by atoms with Gasteiger partial charge in [0, 0.05) is 63.7 Å². The number of piperidine rings is 1. The lowest BCUT2D eigenvalue weighted by Crippen LogP contribution is -2.58. The molecule has 5 heterocycles. The molecule has 0 saturated carbocycles. The van der Waals surface area contributed by atoms with Gasteiger partial charge in [-0.15, -0.1) is 0 Å². The van der Waals surface area contributed by atoms with Gasteiger partial charge in [0.05, 0.1) is 36.8 Å². The van der Waals surface area contributed by atoms with Gasteiger partial charge in [0.25, 0.3) is 0 Å². The van der Waals surface area contributed by atoms with Crippen LogP contribution in [0.3, 0.4) is 0 Å². The Morgan fingerprint density at radius 1 is 0.976 bits per heavy atom. The molecule has 5 aliphatic heterocycles. The fourth-order valence-corrected chi connectivity index (χ4v) is 6.98. The minimum Gasteiger partial charge on any atom is -0.378 e. The molecule has 10 heteroatoms. The molecule has 214 valence electrons. The molecule has 4 fully saturated rings. The lowest BCUT2D eigenvalue weighted by atomic mass is 9.72. The van der Waals surface area contributed by atoms with Crippen molar-refractivity contribution in [2.24, 2.45) is 15.4 Å². The third kappa shape index (κ3) is 5.37. The van der Waals surface area contributed by atoms with Gasteiger partial charge in [0.15, 0.2) is 6.17 Å². The van der Waals surface area contributed by atoms with Gasteiger partial charge in [-0.05, 0) is 67.3 Å². The molecule has 1 spiro atoms. The van der Waals surface area contributed by atoms with Gasteiger partial charge in [0.2, 0.25) is 5.96 Å². The van der Waals surface area contributed by atoms with Crippen molar-refractivity contribution in [1.29, 1.82) is 5.26 Å². The van der Waals surface area contributed by atoms with Crippen LogP contribution < -0.4 is 20.4 Å². The first-order chi connectivity index (χ1) is 20.1. The van der Waals surface area contributed by atoms with Crippen molar-refractivity contribution in [2.75, 3.05) is 87.7 Å². The van der Waals surface area contributed by atoms with Crippen molar-refractivity contribution >= 4 is 29.4 Å².